The maximum atomic E-state index is 11.8. The van der Waals surface area contributed by atoms with Gasteiger partial charge in [-0.25, -0.2) is 4.79 Å². The summed E-state index contributed by atoms with van der Waals surface area (Å²) in [5.74, 6) is -0.108. The van der Waals surface area contributed by atoms with Crippen molar-refractivity contribution in [3.05, 3.63) is 65.8 Å². The van der Waals surface area contributed by atoms with Crippen LogP contribution in [0.4, 0.5) is 4.79 Å². The number of amides is 3. The van der Waals surface area contributed by atoms with Gasteiger partial charge < -0.3 is 10.5 Å². The molecule has 0 radical (unpaired) electrons. The molecule has 2 aromatic rings. The van der Waals surface area contributed by atoms with Gasteiger partial charge in [0.2, 0.25) is 0 Å². The normalized spacial score (nSPS) is 10.8. The topological polar surface area (TPSA) is 105 Å². The number of ether oxygens (including phenoxy) is 1. The Morgan fingerprint density at radius 1 is 1.22 bits per heavy atom. The van der Waals surface area contributed by atoms with Gasteiger partial charge in [-0.05, 0) is 81.4 Å². The second-order valence-electron chi connectivity index (χ2n) is 5.58. The van der Waals surface area contributed by atoms with E-state index in [1.165, 1.54) is 11.6 Å². The summed E-state index contributed by atoms with van der Waals surface area (Å²) in [5, 5.41) is 11.0. The number of nitrogens with zero attached hydrogens (tertiary/aromatic N) is 1. The Labute approximate surface area is 184 Å². The molecule has 0 saturated carbocycles. The summed E-state index contributed by atoms with van der Waals surface area (Å²) in [4.78, 5) is 22.6. The highest BCUT2D eigenvalue weighted by molar-refractivity contribution is 14.1. The first-order chi connectivity index (χ1) is 12.8. The van der Waals surface area contributed by atoms with Crippen LogP contribution in [0, 0.1) is 25.4 Å². The third kappa shape index (κ3) is 6.21. The molecule has 6 nitrogen and oxygen atoms in total. The van der Waals surface area contributed by atoms with Gasteiger partial charge in [0, 0.05) is 0 Å². The van der Waals surface area contributed by atoms with Crippen LogP contribution in [0.25, 0.3) is 6.08 Å². The first kappa shape index (κ1) is 21.2. The van der Waals surface area contributed by atoms with Crippen LogP contribution in [0.1, 0.15) is 16.7 Å². The second-order valence-corrected chi connectivity index (χ2v) is 7.90. The Balaban J connectivity index is 2.21. The van der Waals surface area contributed by atoms with Gasteiger partial charge in [0.25, 0.3) is 5.91 Å². The Hall–Kier alpha value is -2.13. The number of nitrogens with one attached hydrogen (secondary N) is 1. The third-order valence-corrected chi connectivity index (χ3v) is 5.04. The highest BCUT2D eigenvalue weighted by atomic mass is 127. The summed E-state index contributed by atoms with van der Waals surface area (Å²) >= 11 is 4.28. The number of carbonyl (C=O) groups is 2. The van der Waals surface area contributed by atoms with Crippen molar-refractivity contribution < 1.29 is 14.3 Å². The lowest BCUT2D eigenvalue weighted by molar-refractivity contribution is -0.115. The fourth-order valence-corrected chi connectivity index (χ4v) is 4.26. The number of aryl methyl sites for hydroxylation is 1. The molecule has 138 valence electrons. The van der Waals surface area contributed by atoms with Crippen molar-refractivity contribution in [1.29, 1.82) is 5.26 Å². The molecule has 3 amide bonds. The molecule has 0 unspecified atom stereocenters. The summed E-state index contributed by atoms with van der Waals surface area (Å²) < 4.78 is 7.62. The van der Waals surface area contributed by atoms with Crippen LogP contribution in [0.5, 0.6) is 5.75 Å². The molecule has 0 atom stereocenters. The number of rotatable bonds is 5. The zero-order valence-corrected chi connectivity index (χ0v) is 18.6. The van der Waals surface area contributed by atoms with E-state index in [9.17, 15) is 9.59 Å². The standard InChI is InChI=1S/C19H15I2N3O3/c1-11-2-4-12(5-3-11)10-27-17-15(20)7-13(8-16(17)21)6-14(9-22)18(25)24-19(23)26/h2-8H,10H2,1H3,(H3,23,24,25,26)/b14-6-. The fourth-order valence-electron chi connectivity index (χ4n) is 2.14. The van der Waals surface area contributed by atoms with Crippen molar-refractivity contribution in [3.63, 3.8) is 0 Å². The number of carbonyl (C=O) groups excluding carboxylic acids is 2. The van der Waals surface area contributed by atoms with Gasteiger partial charge in [0.1, 0.15) is 24.0 Å². The monoisotopic (exact) mass is 587 g/mol. The number of halogens is 2. The molecule has 2 rings (SSSR count). The number of hydrogen-bond acceptors (Lipinski definition) is 4. The molecule has 2 aromatic carbocycles. The maximum absolute atomic E-state index is 11.8. The Kier molecular flexibility index (Phi) is 7.61. The van der Waals surface area contributed by atoms with E-state index in [0.29, 0.717) is 12.2 Å². The van der Waals surface area contributed by atoms with Gasteiger partial charge in [-0.2, -0.15) is 5.26 Å². The summed E-state index contributed by atoms with van der Waals surface area (Å²) in [7, 11) is 0. The number of hydrogen-bond donors (Lipinski definition) is 2. The predicted molar refractivity (Wildman–Crippen MR) is 119 cm³/mol. The van der Waals surface area contributed by atoms with Crippen LogP contribution in [-0.4, -0.2) is 11.9 Å². The molecule has 0 spiro atoms. The number of nitrogens with two attached hydrogens (primary N) is 1. The van der Waals surface area contributed by atoms with Gasteiger partial charge in [-0.15, -0.1) is 0 Å². The molecule has 8 heteroatoms. The van der Waals surface area contributed by atoms with E-state index in [1.807, 2.05) is 36.5 Å². The number of imide groups is 1. The Bertz CT molecular complexity index is 925. The van der Waals surface area contributed by atoms with Crippen molar-refractivity contribution in [2.45, 2.75) is 13.5 Å². The van der Waals surface area contributed by atoms with Gasteiger partial charge in [0.15, 0.2) is 0 Å². The average molecular weight is 587 g/mol. The zero-order valence-electron chi connectivity index (χ0n) is 14.3. The maximum Gasteiger partial charge on any atom is 0.319 e. The molecule has 0 saturated heterocycles. The van der Waals surface area contributed by atoms with Crippen LogP contribution in [-0.2, 0) is 11.4 Å². The van der Waals surface area contributed by atoms with E-state index in [4.69, 9.17) is 15.7 Å². The van der Waals surface area contributed by atoms with Crippen molar-refractivity contribution in [2.75, 3.05) is 0 Å². The van der Waals surface area contributed by atoms with Crippen LogP contribution < -0.4 is 15.8 Å². The lowest BCUT2D eigenvalue weighted by Crippen LogP contribution is -2.35. The van der Waals surface area contributed by atoms with Crippen molar-refractivity contribution in [2.24, 2.45) is 5.73 Å². The predicted octanol–water partition coefficient (Wildman–Crippen LogP) is 3.89. The van der Waals surface area contributed by atoms with E-state index in [0.717, 1.165) is 18.5 Å². The molecular formula is C19H15I2N3O3. The fraction of sp³-hybridized carbons (Fsp3) is 0.105. The molecule has 0 aromatic heterocycles. The zero-order chi connectivity index (χ0) is 20.0. The molecule has 0 aliphatic heterocycles. The smallest absolute Gasteiger partial charge is 0.319 e. The Morgan fingerprint density at radius 2 is 1.81 bits per heavy atom. The average Bonchev–Trinajstić information content (AvgIpc) is 2.59. The molecule has 0 fully saturated rings. The molecule has 0 heterocycles. The molecule has 27 heavy (non-hydrogen) atoms. The largest absolute Gasteiger partial charge is 0.487 e. The van der Waals surface area contributed by atoms with E-state index < -0.39 is 11.9 Å². The van der Waals surface area contributed by atoms with Gasteiger partial charge in [-0.1, -0.05) is 29.8 Å². The number of nitriles is 1. The van der Waals surface area contributed by atoms with Crippen LogP contribution in [0.2, 0.25) is 0 Å². The van der Waals surface area contributed by atoms with Crippen molar-refractivity contribution in [1.82, 2.24) is 5.32 Å². The van der Waals surface area contributed by atoms with Crippen LogP contribution in [0.15, 0.2) is 42.0 Å². The summed E-state index contributed by atoms with van der Waals surface area (Å²) in [6.07, 6.45) is 1.40. The summed E-state index contributed by atoms with van der Waals surface area (Å²) in [6.45, 7) is 2.47. The molecule has 0 bridgehead atoms. The SMILES string of the molecule is Cc1ccc(COc2c(I)cc(/C=C(/C#N)C(=O)NC(N)=O)cc2I)cc1. The van der Waals surface area contributed by atoms with E-state index in [-0.39, 0.29) is 5.57 Å². The number of benzene rings is 2. The highest BCUT2D eigenvalue weighted by Crippen LogP contribution is 2.30. The molecule has 0 aliphatic rings. The second kappa shape index (κ2) is 9.70. The number of primary amides is 1. The minimum absolute atomic E-state index is 0.214. The highest BCUT2D eigenvalue weighted by Gasteiger charge is 2.13. The summed E-state index contributed by atoms with van der Waals surface area (Å²) in [5.41, 5.74) is 7.59. The first-order valence-electron chi connectivity index (χ1n) is 7.70. The minimum Gasteiger partial charge on any atom is -0.487 e. The lowest BCUT2D eigenvalue weighted by atomic mass is 10.1. The van der Waals surface area contributed by atoms with E-state index in [1.54, 1.807) is 18.2 Å². The van der Waals surface area contributed by atoms with Crippen molar-refractivity contribution >= 4 is 63.2 Å². The van der Waals surface area contributed by atoms with E-state index >= 15 is 0 Å². The van der Waals surface area contributed by atoms with Gasteiger partial charge in [-0.3, -0.25) is 10.1 Å². The first-order valence-corrected chi connectivity index (χ1v) is 9.86. The Morgan fingerprint density at radius 3 is 2.33 bits per heavy atom. The number of urea groups is 1. The van der Waals surface area contributed by atoms with Crippen molar-refractivity contribution in [3.8, 4) is 11.8 Å². The van der Waals surface area contributed by atoms with E-state index in [2.05, 4.69) is 45.2 Å². The van der Waals surface area contributed by atoms with Gasteiger partial charge >= 0.3 is 6.03 Å². The molecule has 3 N–H and O–H groups in total. The molecule has 0 aliphatic carbocycles. The van der Waals surface area contributed by atoms with Crippen LogP contribution >= 0.6 is 45.2 Å². The molecular weight excluding hydrogens is 572 g/mol. The van der Waals surface area contributed by atoms with Crippen LogP contribution in [0.3, 0.4) is 0 Å². The minimum atomic E-state index is -1.01. The van der Waals surface area contributed by atoms with Gasteiger partial charge in [0.05, 0.1) is 7.14 Å². The lowest BCUT2D eigenvalue weighted by Gasteiger charge is -2.12. The third-order valence-electron chi connectivity index (χ3n) is 3.44. The quantitative estimate of drug-likeness (QED) is 0.315. The summed E-state index contributed by atoms with van der Waals surface area (Å²) in [6, 6.07) is 12.4.